The molecule has 0 saturated carbocycles. The summed E-state index contributed by atoms with van der Waals surface area (Å²) in [5.74, 6) is -0.724. The number of nitrogen functional groups attached to an aromatic ring is 1. The van der Waals surface area contributed by atoms with Gasteiger partial charge in [-0.25, -0.2) is 4.98 Å². The number of carbonyl (C=O) groups excluding carboxylic acids is 1. The minimum Gasteiger partial charge on any atom is -0.463 e. The number of aromatic amines is 1. The number of fused-ring (bicyclic) bond motifs is 1. The first-order valence-corrected chi connectivity index (χ1v) is 16.7. The number of carbonyl (C=O) groups is 1. The number of aliphatic hydroxyl groups excluding tert-OH is 1. The number of nitrogens with one attached hydrogen (secondary N) is 1. The maximum Gasteiger partial charge on any atom is 0.308 e. The summed E-state index contributed by atoms with van der Waals surface area (Å²) in [6.07, 6.45) is 18.6. The Kier molecular flexibility index (Phi) is 15.5. The summed E-state index contributed by atoms with van der Waals surface area (Å²) in [4.78, 5) is 35.1. The van der Waals surface area contributed by atoms with Gasteiger partial charge in [0.25, 0.3) is 5.56 Å². The van der Waals surface area contributed by atoms with E-state index in [1.165, 1.54) is 89.8 Å². The third kappa shape index (κ3) is 11.2. The number of H-pyrrole nitrogens is 1. The number of ether oxygens (including phenoxy) is 3. The molecule has 11 nitrogen and oxygen atoms in total. The van der Waals surface area contributed by atoms with Gasteiger partial charge in [-0.2, -0.15) is 4.98 Å². The van der Waals surface area contributed by atoms with Crippen molar-refractivity contribution in [2.24, 2.45) is 5.92 Å². The van der Waals surface area contributed by atoms with Gasteiger partial charge in [0.1, 0.15) is 24.9 Å². The van der Waals surface area contributed by atoms with E-state index in [1.807, 2.05) is 0 Å². The molecule has 4 N–H and O–H groups in total. The van der Waals surface area contributed by atoms with E-state index in [9.17, 15) is 14.7 Å². The van der Waals surface area contributed by atoms with E-state index >= 15 is 0 Å². The third-order valence-electron chi connectivity index (χ3n) is 8.21. The molecule has 244 valence electrons. The van der Waals surface area contributed by atoms with Crippen LogP contribution in [0.2, 0.25) is 0 Å². The SMILES string of the molecule is CCCCCCCCCCCCCCCCCCO[C@@H]1[C@H](O)[C@@H](COC(=O)C(C)C)O[C@H]1n1cnc2c(=O)[nH]c(N)nc21. The van der Waals surface area contributed by atoms with E-state index in [2.05, 4.69) is 21.9 Å². The molecule has 3 heterocycles. The van der Waals surface area contributed by atoms with Crippen molar-refractivity contribution in [3.05, 3.63) is 16.7 Å². The first-order valence-electron chi connectivity index (χ1n) is 16.7. The van der Waals surface area contributed by atoms with Crippen molar-refractivity contribution in [2.45, 2.75) is 148 Å². The number of hydrogen-bond donors (Lipinski definition) is 3. The summed E-state index contributed by atoms with van der Waals surface area (Å²) >= 11 is 0. The average molecular weight is 606 g/mol. The molecular formula is C32H55N5O6. The molecule has 0 bridgehead atoms. The van der Waals surface area contributed by atoms with Crippen molar-refractivity contribution in [3.63, 3.8) is 0 Å². The molecule has 0 aliphatic carbocycles. The minimum absolute atomic E-state index is 0.0501. The van der Waals surface area contributed by atoms with Crippen molar-refractivity contribution in [1.29, 1.82) is 0 Å². The molecule has 1 aliphatic heterocycles. The largest absolute Gasteiger partial charge is 0.463 e. The van der Waals surface area contributed by atoms with Crippen LogP contribution in [0.1, 0.15) is 130 Å². The molecule has 1 aliphatic rings. The molecular weight excluding hydrogens is 550 g/mol. The van der Waals surface area contributed by atoms with Crippen LogP contribution in [0, 0.1) is 5.92 Å². The van der Waals surface area contributed by atoms with E-state index in [4.69, 9.17) is 19.9 Å². The fourth-order valence-corrected chi connectivity index (χ4v) is 5.59. The molecule has 0 aromatic carbocycles. The zero-order chi connectivity index (χ0) is 31.0. The van der Waals surface area contributed by atoms with Gasteiger partial charge in [0, 0.05) is 6.61 Å². The van der Waals surface area contributed by atoms with Gasteiger partial charge in [-0.05, 0) is 6.42 Å². The number of aromatic nitrogens is 4. The molecule has 43 heavy (non-hydrogen) atoms. The molecule has 2 aromatic rings. The average Bonchev–Trinajstić information content (AvgIpc) is 3.53. The lowest BCUT2D eigenvalue weighted by Gasteiger charge is -2.22. The van der Waals surface area contributed by atoms with E-state index in [0.29, 0.717) is 6.61 Å². The summed E-state index contributed by atoms with van der Waals surface area (Å²) in [6.45, 7) is 6.08. The van der Waals surface area contributed by atoms with Crippen LogP contribution in [0.15, 0.2) is 11.1 Å². The van der Waals surface area contributed by atoms with Gasteiger partial charge in [0.2, 0.25) is 5.95 Å². The number of nitrogens with two attached hydrogens (primary N) is 1. The minimum atomic E-state index is -1.05. The Morgan fingerprint density at radius 2 is 1.56 bits per heavy atom. The zero-order valence-electron chi connectivity index (χ0n) is 26.6. The van der Waals surface area contributed by atoms with Crippen LogP contribution in [-0.4, -0.2) is 62.1 Å². The second kappa shape index (κ2) is 19.0. The second-order valence-electron chi connectivity index (χ2n) is 12.3. The molecule has 0 unspecified atom stereocenters. The summed E-state index contributed by atoms with van der Waals surface area (Å²) in [5, 5.41) is 11.1. The van der Waals surface area contributed by atoms with Crippen LogP contribution in [0.4, 0.5) is 5.95 Å². The summed E-state index contributed by atoms with van der Waals surface area (Å²) in [6, 6.07) is 0. The Bertz CT molecular complexity index is 1140. The maximum atomic E-state index is 12.3. The normalized spacial score (nSPS) is 20.4. The van der Waals surface area contributed by atoms with Crippen molar-refractivity contribution >= 4 is 23.1 Å². The molecule has 0 radical (unpaired) electrons. The number of rotatable bonds is 22. The summed E-state index contributed by atoms with van der Waals surface area (Å²) in [7, 11) is 0. The Morgan fingerprint density at radius 1 is 1.00 bits per heavy atom. The Balaban J connectivity index is 1.39. The van der Waals surface area contributed by atoms with Crippen molar-refractivity contribution in [3.8, 4) is 0 Å². The van der Waals surface area contributed by atoms with E-state index in [0.717, 1.165) is 19.3 Å². The van der Waals surface area contributed by atoms with Crippen LogP contribution < -0.4 is 11.3 Å². The highest BCUT2D eigenvalue weighted by molar-refractivity contribution is 5.71. The zero-order valence-corrected chi connectivity index (χ0v) is 26.6. The van der Waals surface area contributed by atoms with Gasteiger partial charge >= 0.3 is 5.97 Å². The molecule has 1 saturated heterocycles. The highest BCUT2D eigenvalue weighted by atomic mass is 16.6. The lowest BCUT2D eigenvalue weighted by molar-refractivity contribution is -0.153. The number of imidazole rings is 1. The molecule has 1 fully saturated rings. The van der Waals surface area contributed by atoms with Crippen LogP contribution in [0.3, 0.4) is 0 Å². The maximum absolute atomic E-state index is 12.3. The van der Waals surface area contributed by atoms with Gasteiger partial charge in [-0.15, -0.1) is 0 Å². The predicted molar refractivity (Wildman–Crippen MR) is 168 cm³/mol. The number of unbranched alkanes of at least 4 members (excludes halogenated alkanes) is 15. The number of nitrogens with zero attached hydrogens (tertiary/aromatic N) is 3. The Labute approximate surface area is 256 Å². The van der Waals surface area contributed by atoms with E-state index in [1.54, 1.807) is 18.4 Å². The van der Waals surface area contributed by atoms with Gasteiger partial charge in [-0.3, -0.25) is 19.1 Å². The number of anilines is 1. The number of aliphatic hydroxyl groups is 1. The highest BCUT2D eigenvalue weighted by Gasteiger charge is 2.46. The van der Waals surface area contributed by atoms with E-state index < -0.39 is 30.1 Å². The molecule has 2 aromatic heterocycles. The summed E-state index contributed by atoms with van der Waals surface area (Å²) < 4.78 is 19.2. The van der Waals surface area contributed by atoms with Gasteiger partial charge in [0.15, 0.2) is 17.4 Å². The topological polar surface area (TPSA) is 155 Å². The molecule has 4 atom stereocenters. The van der Waals surface area contributed by atoms with Crippen LogP contribution in [0.25, 0.3) is 11.2 Å². The number of esters is 1. The standard InChI is InChI=1S/C32H55N5O6/c1-4-5-6-7-8-9-10-11-12-13-14-15-16-17-18-19-20-41-27-26(38)24(21-42-31(40)23(2)3)43-30(27)37-22-34-25-28(37)35-32(33)36-29(25)39/h22-24,26-27,30,38H,4-21H2,1-3H3,(H3,33,35,36,39)/t24-,26-,27-,30-/m1/s1. The lowest BCUT2D eigenvalue weighted by atomic mass is 10.0. The quantitative estimate of drug-likeness (QED) is 0.111. The molecule has 11 heteroatoms. The van der Waals surface area contributed by atoms with Gasteiger partial charge < -0.3 is 25.1 Å². The van der Waals surface area contributed by atoms with Crippen LogP contribution >= 0.6 is 0 Å². The monoisotopic (exact) mass is 605 g/mol. The highest BCUT2D eigenvalue weighted by Crippen LogP contribution is 2.34. The first kappa shape index (κ1) is 35.0. The van der Waals surface area contributed by atoms with Crippen molar-refractivity contribution < 1.29 is 24.1 Å². The van der Waals surface area contributed by atoms with Crippen molar-refractivity contribution in [2.75, 3.05) is 18.9 Å². The van der Waals surface area contributed by atoms with E-state index in [-0.39, 0.29) is 35.6 Å². The first-order chi connectivity index (χ1) is 20.8. The Morgan fingerprint density at radius 3 is 2.12 bits per heavy atom. The second-order valence-corrected chi connectivity index (χ2v) is 12.3. The summed E-state index contributed by atoms with van der Waals surface area (Å²) in [5.41, 5.74) is 5.65. The van der Waals surface area contributed by atoms with Gasteiger partial charge in [0.05, 0.1) is 12.2 Å². The van der Waals surface area contributed by atoms with Crippen LogP contribution in [0.5, 0.6) is 0 Å². The van der Waals surface area contributed by atoms with Crippen LogP contribution in [-0.2, 0) is 19.0 Å². The fraction of sp³-hybridized carbons (Fsp3) is 0.812. The predicted octanol–water partition coefficient (Wildman–Crippen LogP) is 5.81. The third-order valence-corrected chi connectivity index (χ3v) is 8.21. The Hall–Kier alpha value is -2.50. The molecule has 0 amide bonds. The van der Waals surface area contributed by atoms with Crippen molar-refractivity contribution in [1.82, 2.24) is 19.5 Å². The fourth-order valence-electron chi connectivity index (χ4n) is 5.59. The molecule has 3 rings (SSSR count). The smallest absolute Gasteiger partial charge is 0.308 e. The number of hydrogen-bond acceptors (Lipinski definition) is 9. The molecule has 0 spiro atoms. The van der Waals surface area contributed by atoms with Gasteiger partial charge in [-0.1, -0.05) is 117 Å². The lowest BCUT2D eigenvalue weighted by Crippen LogP contribution is -2.37.